The van der Waals surface area contributed by atoms with Gasteiger partial charge >= 0.3 is 0 Å². The summed E-state index contributed by atoms with van der Waals surface area (Å²) in [5.41, 5.74) is 1.05. The maximum absolute atomic E-state index is 12.5. The Morgan fingerprint density at radius 2 is 2.00 bits per heavy atom. The number of hydrogen-bond acceptors (Lipinski definition) is 4. The molecule has 2 N–H and O–H groups in total. The lowest BCUT2D eigenvalue weighted by Crippen LogP contribution is -2.27. The Bertz CT molecular complexity index is 916. The average Bonchev–Trinajstić information content (AvgIpc) is 2.52. The minimum absolute atomic E-state index is 0.0156. The second-order valence-electron chi connectivity index (χ2n) is 5.07. The highest BCUT2D eigenvalue weighted by atomic mass is 35.5. The Morgan fingerprint density at radius 3 is 2.75 bits per heavy atom. The van der Waals surface area contributed by atoms with Crippen LogP contribution in [0.3, 0.4) is 0 Å². The number of rotatable bonds is 4. The molecule has 24 heavy (non-hydrogen) atoms. The van der Waals surface area contributed by atoms with Gasteiger partial charge in [-0.25, -0.2) is 13.1 Å². The van der Waals surface area contributed by atoms with Gasteiger partial charge in [-0.1, -0.05) is 35.3 Å². The Morgan fingerprint density at radius 1 is 1.21 bits per heavy atom. The van der Waals surface area contributed by atoms with E-state index >= 15 is 0 Å². The molecule has 0 atom stereocenters. The maximum Gasteiger partial charge on any atom is 0.262 e. The number of nitrogens with one attached hydrogen (secondary N) is 2. The van der Waals surface area contributed by atoms with E-state index in [4.69, 9.17) is 27.9 Å². The van der Waals surface area contributed by atoms with Crippen LogP contribution in [0, 0.1) is 0 Å². The predicted octanol–water partition coefficient (Wildman–Crippen LogP) is 2.80. The third-order valence-electron chi connectivity index (χ3n) is 3.31. The van der Waals surface area contributed by atoms with Gasteiger partial charge in [-0.3, -0.25) is 4.79 Å². The van der Waals surface area contributed by atoms with Gasteiger partial charge in [-0.05, 0) is 23.8 Å². The number of hydrogen-bond donors (Lipinski definition) is 2. The standard InChI is InChI=1S/C15H12Cl2N2O4S/c16-10-3-1-2-9(4-10)7-18-24(21,22)14-6-13-12(5-11(14)17)19-15(20)8-23-13/h1-6,18H,7-8H2,(H,19,20). The Balaban J connectivity index is 1.85. The van der Waals surface area contributed by atoms with E-state index in [1.165, 1.54) is 12.1 Å². The van der Waals surface area contributed by atoms with Crippen molar-refractivity contribution in [3.8, 4) is 5.75 Å². The van der Waals surface area contributed by atoms with E-state index in [0.29, 0.717) is 16.3 Å². The number of ether oxygens (including phenoxy) is 1. The summed E-state index contributed by atoms with van der Waals surface area (Å²) in [4.78, 5) is 11.2. The zero-order valence-electron chi connectivity index (χ0n) is 12.2. The summed E-state index contributed by atoms with van der Waals surface area (Å²) in [6.07, 6.45) is 0. The van der Waals surface area contributed by atoms with Crippen molar-refractivity contribution < 1.29 is 17.9 Å². The van der Waals surface area contributed by atoms with Gasteiger partial charge in [0.15, 0.2) is 6.61 Å². The molecule has 1 heterocycles. The molecular weight excluding hydrogens is 375 g/mol. The summed E-state index contributed by atoms with van der Waals surface area (Å²) in [7, 11) is -3.87. The van der Waals surface area contributed by atoms with Crippen LogP contribution in [-0.4, -0.2) is 20.9 Å². The molecule has 0 aliphatic carbocycles. The molecule has 126 valence electrons. The van der Waals surface area contributed by atoms with Crippen molar-refractivity contribution in [2.75, 3.05) is 11.9 Å². The Labute approximate surface area is 148 Å². The van der Waals surface area contributed by atoms with E-state index in [0.717, 1.165) is 0 Å². The molecule has 1 aliphatic heterocycles. The number of amides is 1. The number of carbonyl (C=O) groups is 1. The van der Waals surface area contributed by atoms with Crippen molar-refractivity contribution >= 4 is 44.8 Å². The van der Waals surface area contributed by atoms with Gasteiger partial charge in [0.05, 0.1) is 10.7 Å². The molecule has 1 aliphatic rings. The van der Waals surface area contributed by atoms with E-state index in [2.05, 4.69) is 10.0 Å². The highest BCUT2D eigenvalue weighted by molar-refractivity contribution is 7.89. The monoisotopic (exact) mass is 386 g/mol. The molecular formula is C15H12Cl2N2O4S. The van der Waals surface area contributed by atoms with Crippen molar-refractivity contribution in [1.82, 2.24) is 4.72 Å². The fraction of sp³-hybridized carbons (Fsp3) is 0.133. The van der Waals surface area contributed by atoms with Crippen LogP contribution in [0.5, 0.6) is 5.75 Å². The largest absolute Gasteiger partial charge is 0.482 e. The summed E-state index contributed by atoms with van der Waals surface area (Å²) in [5.74, 6) is -0.0737. The number of anilines is 1. The van der Waals surface area contributed by atoms with Gasteiger partial charge in [-0.15, -0.1) is 0 Å². The summed E-state index contributed by atoms with van der Waals surface area (Å²) >= 11 is 11.9. The number of carbonyl (C=O) groups excluding carboxylic acids is 1. The smallest absolute Gasteiger partial charge is 0.262 e. The minimum atomic E-state index is -3.87. The second kappa shape index (κ2) is 6.60. The molecule has 0 saturated carbocycles. The topological polar surface area (TPSA) is 84.5 Å². The molecule has 0 radical (unpaired) electrons. The summed E-state index contributed by atoms with van der Waals surface area (Å²) in [6, 6.07) is 9.48. The van der Waals surface area contributed by atoms with Crippen LogP contribution in [0.1, 0.15) is 5.56 Å². The number of fused-ring (bicyclic) bond motifs is 1. The van der Waals surface area contributed by atoms with Crippen LogP contribution in [0.25, 0.3) is 0 Å². The van der Waals surface area contributed by atoms with Gasteiger partial charge in [-0.2, -0.15) is 0 Å². The predicted molar refractivity (Wildman–Crippen MR) is 91.1 cm³/mol. The lowest BCUT2D eigenvalue weighted by Gasteiger charge is -2.19. The zero-order valence-corrected chi connectivity index (χ0v) is 14.5. The highest BCUT2D eigenvalue weighted by Crippen LogP contribution is 2.35. The van der Waals surface area contributed by atoms with Crippen molar-refractivity contribution in [3.63, 3.8) is 0 Å². The fourth-order valence-corrected chi connectivity index (χ4v) is 3.96. The van der Waals surface area contributed by atoms with Gasteiger partial charge in [0.2, 0.25) is 10.0 Å². The number of benzene rings is 2. The highest BCUT2D eigenvalue weighted by Gasteiger charge is 2.24. The van der Waals surface area contributed by atoms with E-state index in [1.54, 1.807) is 24.3 Å². The van der Waals surface area contributed by atoms with Crippen LogP contribution in [-0.2, 0) is 21.4 Å². The van der Waals surface area contributed by atoms with Crippen molar-refractivity contribution in [2.24, 2.45) is 0 Å². The molecule has 6 nitrogen and oxygen atoms in total. The fourth-order valence-electron chi connectivity index (χ4n) is 2.19. The molecule has 1 amide bonds. The molecule has 0 unspecified atom stereocenters. The minimum Gasteiger partial charge on any atom is -0.482 e. The van der Waals surface area contributed by atoms with E-state index in [1.807, 2.05) is 0 Å². The van der Waals surface area contributed by atoms with Crippen molar-refractivity contribution in [2.45, 2.75) is 11.4 Å². The van der Waals surface area contributed by atoms with Gasteiger partial charge in [0.1, 0.15) is 10.6 Å². The van der Waals surface area contributed by atoms with Crippen LogP contribution in [0.4, 0.5) is 5.69 Å². The zero-order chi connectivity index (χ0) is 17.3. The molecule has 0 bridgehead atoms. The molecule has 3 rings (SSSR count). The SMILES string of the molecule is O=C1COc2cc(S(=O)(=O)NCc3cccc(Cl)c3)c(Cl)cc2N1. The molecule has 0 fully saturated rings. The quantitative estimate of drug-likeness (QED) is 0.845. The van der Waals surface area contributed by atoms with Gasteiger partial charge in [0, 0.05) is 17.6 Å². The maximum atomic E-state index is 12.5. The average molecular weight is 387 g/mol. The lowest BCUT2D eigenvalue weighted by molar-refractivity contribution is -0.118. The first-order chi connectivity index (χ1) is 11.3. The van der Waals surface area contributed by atoms with E-state index in [-0.39, 0.29) is 34.7 Å². The summed E-state index contributed by atoms with van der Waals surface area (Å²) in [5, 5.41) is 3.07. The Hall–Kier alpha value is -1.80. The van der Waals surface area contributed by atoms with Crippen LogP contribution < -0.4 is 14.8 Å². The Kier molecular flexibility index (Phi) is 4.69. The van der Waals surface area contributed by atoms with Crippen LogP contribution in [0.2, 0.25) is 10.0 Å². The summed E-state index contributed by atoms with van der Waals surface area (Å²) in [6.45, 7) is -0.113. The van der Waals surface area contributed by atoms with Crippen LogP contribution in [0.15, 0.2) is 41.3 Å². The van der Waals surface area contributed by atoms with E-state index in [9.17, 15) is 13.2 Å². The van der Waals surface area contributed by atoms with Crippen LogP contribution >= 0.6 is 23.2 Å². The van der Waals surface area contributed by atoms with Crippen molar-refractivity contribution in [3.05, 3.63) is 52.0 Å². The lowest BCUT2D eigenvalue weighted by atomic mass is 10.2. The molecule has 2 aromatic rings. The van der Waals surface area contributed by atoms with Crippen molar-refractivity contribution in [1.29, 1.82) is 0 Å². The second-order valence-corrected chi connectivity index (χ2v) is 7.65. The molecule has 0 aromatic heterocycles. The third-order valence-corrected chi connectivity index (χ3v) is 5.41. The number of halogens is 2. The first-order valence-corrected chi connectivity index (χ1v) is 9.09. The summed E-state index contributed by atoms with van der Waals surface area (Å²) < 4.78 is 32.7. The normalized spacial score (nSPS) is 13.8. The molecule has 9 heteroatoms. The van der Waals surface area contributed by atoms with E-state index < -0.39 is 10.0 Å². The molecule has 2 aromatic carbocycles. The van der Waals surface area contributed by atoms with Gasteiger partial charge in [0.25, 0.3) is 5.91 Å². The first-order valence-electron chi connectivity index (χ1n) is 6.85. The molecule has 0 saturated heterocycles. The van der Waals surface area contributed by atoms with Gasteiger partial charge < -0.3 is 10.1 Å². The first kappa shape index (κ1) is 17.0. The number of sulfonamides is 1. The third kappa shape index (κ3) is 3.64. The molecule has 0 spiro atoms.